The number of carbonyl (C=O) groups excluding carboxylic acids is 3. The third kappa shape index (κ3) is 5.69. The lowest BCUT2D eigenvalue weighted by atomic mass is 10.0. The quantitative estimate of drug-likeness (QED) is 0.302. The second-order valence-electron chi connectivity index (χ2n) is 9.44. The summed E-state index contributed by atoms with van der Waals surface area (Å²) >= 11 is 12.3. The molecule has 2 heterocycles. The van der Waals surface area contributed by atoms with Gasteiger partial charge in [0.1, 0.15) is 0 Å². The smallest absolute Gasteiger partial charge is 0.339 e. The maximum absolute atomic E-state index is 13.3. The van der Waals surface area contributed by atoms with E-state index in [1.54, 1.807) is 12.1 Å². The van der Waals surface area contributed by atoms with E-state index >= 15 is 0 Å². The Kier molecular flexibility index (Phi) is 7.95. The number of pyridine rings is 1. The van der Waals surface area contributed by atoms with Crippen molar-refractivity contribution in [3.63, 3.8) is 0 Å². The molecule has 5 rings (SSSR count). The average molecular weight is 552 g/mol. The largest absolute Gasteiger partial charge is 0.452 e. The lowest BCUT2D eigenvalue weighted by Gasteiger charge is -2.15. The Labute approximate surface area is 230 Å². The number of rotatable bonds is 8. The lowest BCUT2D eigenvalue weighted by Crippen LogP contribution is -2.33. The molecule has 0 radical (unpaired) electrons. The van der Waals surface area contributed by atoms with E-state index in [0.717, 1.165) is 35.4 Å². The average Bonchev–Trinajstić information content (AvgIpc) is 3.51. The van der Waals surface area contributed by atoms with Crippen LogP contribution in [0.4, 0.5) is 0 Å². The van der Waals surface area contributed by atoms with Crippen LogP contribution in [-0.4, -0.2) is 53.9 Å². The number of allylic oxidation sites excluding steroid dienone is 1. The van der Waals surface area contributed by atoms with Crippen molar-refractivity contribution in [3.8, 4) is 0 Å². The molecule has 0 saturated carbocycles. The Morgan fingerprint density at radius 2 is 1.92 bits per heavy atom. The number of esters is 1. The van der Waals surface area contributed by atoms with Gasteiger partial charge in [-0.3, -0.25) is 9.59 Å². The molecule has 2 amide bonds. The van der Waals surface area contributed by atoms with Crippen molar-refractivity contribution in [2.45, 2.75) is 32.1 Å². The predicted octanol–water partition coefficient (Wildman–Crippen LogP) is 5.31. The molecule has 1 N–H and O–H groups in total. The van der Waals surface area contributed by atoms with Gasteiger partial charge in [-0.1, -0.05) is 47.5 Å². The minimum Gasteiger partial charge on any atom is -0.452 e. The van der Waals surface area contributed by atoms with E-state index < -0.39 is 5.97 Å². The fraction of sp³-hybridized carbons (Fsp3) is 0.310. The van der Waals surface area contributed by atoms with Crippen LogP contribution in [0, 0.1) is 0 Å². The van der Waals surface area contributed by atoms with Crippen molar-refractivity contribution in [3.05, 3.63) is 74.9 Å². The molecule has 9 heteroatoms. The Hall–Kier alpha value is -3.42. The summed E-state index contributed by atoms with van der Waals surface area (Å²) in [6.45, 7) is 1.43. The Balaban J connectivity index is 1.29. The summed E-state index contributed by atoms with van der Waals surface area (Å²) in [5, 5.41) is 4.42. The summed E-state index contributed by atoms with van der Waals surface area (Å²) < 4.78 is 5.46. The predicted molar refractivity (Wildman–Crippen MR) is 148 cm³/mol. The molecule has 1 aliphatic heterocycles. The van der Waals surface area contributed by atoms with Crippen LogP contribution in [0.25, 0.3) is 22.6 Å². The van der Waals surface area contributed by atoms with Gasteiger partial charge in [-0.25, -0.2) is 9.78 Å². The maximum Gasteiger partial charge on any atom is 0.339 e. The molecule has 38 heavy (non-hydrogen) atoms. The standard InChI is InChI=1S/C29H27Cl2N3O4/c30-22-11-8-18(16-23(22)31)15-19-9-10-21-27(20-5-1-2-6-24(20)33-28(19)21)29(37)38-17-25(35)32-12-4-14-34-13-3-7-26(34)36/h1-2,5-6,8,11,15-16H,3-4,7,9-10,12-14,17H2,(H,32,35)/b19-15+. The first kappa shape index (κ1) is 26.2. The zero-order valence-corrected chi connectivity index (χ0v) is 22.3. The first-order valence-electron chi connectivity index (χ1n) is 12.7. The van der Waals surface area contributed by atoms with E-state index in [2.05, 4.69) is 5.32 Å². The van der Waals surface area contributed by atoms with Gasteiger partial charge in [-0.2, -0.15) is 0 Å². The summed E-state index contributed by atoms with van der Waals surface area (Å²) in [4.78, 5) is 44.0. The van der Waals surface area contributed by atoms with Crippen LogP contribution in [0.3, 0.4) is 0 Å². The van der Waals surface area contributed by atoms with Gasteiger partial charge in [0.05, 0.1) is 26.8 Å². The van der Waals surface area contributed by atoms with Crippen molar-refractivity contribution in [1.82, 2.24) is 15.2 Å². The highest BCUT2D eigenvalue weighted by atomic mass is 35.5. The van der Waals surface area contributed by atoms with Crippen LogP contribution in [0.1, 0.15) is 52.9 Å². The van der Waals surface area contributed by atoms with Gasteiger partial charge < -0.3 is 15.0 Å². The van der Waals surface area contributed by atoms with E-state index in [-0.39, 0.29) is 18.4 Å². The van der Waals surface area contributed by atoms with Gasteiger partial charge in [-0.05, 0) is 66.7 Å². The summed E-state index contributed by atoms with van der Waals surface area (Å²) in [7, 11) is 0. The number of hydrogen-bond acceptors (Lipinski definition) is 5. The number of nitrogens with zero attached hydrogens (tertiary/aromatic N) is 2. The van der Waals surface area contributed by atoms with Gasteiger partial charge in [-0.15, -0.1) is 0 Å². The molecule has 0 atom stereocenters. The molecular weight excluding hydrogens is 525 g/mol. The van der Waals surface area contributed by atoms with E-state index in [0.29, 0.717) is 65.3 Å². The lowest BCUT2D eigenvalue weighted by molar-refractivity contribution is -0.127. The van der Waals surface area contributed by atoms with Crippen molar-refractivity contribution >= 4 is 63.5 Å². The number of amides is 2. The molecule has 0 bridgehead atoms. The highest BCUT2D eigenvalue weighted by molar-refractivity contribution is 6.42. The molecule has 2 aliphatic rings. The van der Waals surface area contributed by atoms with Crippen LogP contribution in [-0.2, 0) is 20.7 Å². The summed E-state index contributed by atoms with van der Waals surface area (Å²) in [6, 6.07) is 12.9. The highest BCUT2D eigenvalue weighted by Crippen LogP contribution is 2.38. The van der Waals surface area contributed by atoms with Crippen LogP contribution in [0.5, 0.6) is 0 Å². The number of halogens is 2. The van der Waals surface area contributed by atoms with Gasteiger partial charge in [0.25, 0.3) is 5.91 Å². The van der Waals surface area contributed by atoms with Crippen molar-refractivity contribution in [1.29, 1.82) is 0 Å². The summed E-state index contributed by atoms with van der Waals surface area (Å²) in [6.07, 6.45) is 5.49. The fourth-order valence-electron chi connectivity index (χ4n) is 5.01. The summed E-state index contributed by atoms with van der Waals surface area (Å²) in [5.41, 5.74) is 4.59. The zero-order chi connectivity index (χ0) is 26.6. The molecule has 7 nitrogen and oxygen atoms in total. The van der Waals surface area contributed by atoms with Crippen LogP contribution in [0.2, 0.25) is 10.0 Å². The van der Waals surface area contributed by atoms with Crippen molar-refractivity contribution < 1.29 is 19.1 Å². The van der Waals surface area contributed by atoms with Gasteiger partial charge in [0, 0.05) is 31.4 Å². The van der Waals surface area contributed by atoms with E-state index in [1.807, 2.05) is 41.3 Å². The van der Waals surface area contributed by atoms with Gasteiger partial charge in [0.2, 0.25) is 5.91 Å². The van der Waals surface area contributed by atoms with Crippen LogP contribution < -0.4 is 5.32 Å². The molecule has 0 spiro atoms. The van der Waals surface area contributed by atoms with Crippen molar-refractivity contribution in [2.75, 3.05) is 26.2 Å². The molecule has 1 aromatic heterocycles. The molecule has 196 valence electrons. The number of para-hydroxylation sites is 1. The number of nitrogens with one attached hydrogen (secondary N) is 1. The van der Waals surface area contributed by atoms with Gasteiger partial charge in [0.15, 0.2) is 6.61 Å². The molecular formula is C29H27Cl2N3O4. The SMILES string of the molecule is O=C(COC(=O)c1c2c(nc3ccccc13)/C(=C/c1ccc(Cl)c(Cl)c1)CC2)NCCCN1CCCC1=O. The number of fused-ring (bicyclic) bond motifs is 2. The molecule has 1 aliphatic carbocycles. The van der Waals surface area contributed by atoms with E-state index in [9.17, 15) is 14.4 Å². The van der Waals surface area contributed by atoms with Crippen LogP contribution in [0.15, 0.2) is 42.5 Å². The second kappa shape index (κ2) is 11.5. The minimum absolute atomic E-state index is 0.164. The third-order valence-corrected chi connectivity index (χ3v) is 7.60. The Bertz CT molecular complexity index is 1450. The van der Waals surface area contributed by atoms with Crippen LogP contribution >= 0.6 is 23.2 Å². The number of benzene rings is 2. The summed E-state index contributed by atoms with van der Waals surface area (Å²) in [5.74, 6) is -0.757. The molecule has 2 aromatic carbocycles. The second-order valence-corrected chi connectivity index (χ2v) is 10.3. The maximum atomic E-state index is 13.3. The number of likely N-dealkylation sites (tertiary alicyclic amines) is 1. The molecule has 1 saturated heterocycles. The molecule has 1 fully saturated rings. The zero-order valence-electron chi connectivity index (χ0n) is 20.8. The molecule has 0 unspecified atom stereocenters. The molecule has 3 aromatic rings. The Morgan fingerprint density at radius 1 is 1.08 bits per heavy atom. The topological polar surface area (TPSA) is 88.6 Å². The first-order chi connectivity index (χ1) is 18.4. The monoisotopic (exact) mass is 551 g/mol. The minimum atomic E-state index is -0.548. The Morgan fingerprint density at radius 3 is 2.71 bits per heavy atom. The van der Waals surface area contributed by atoms with Crippen molar-refractivity contribution in [2.24, 2.45) is 0 Å². The normalized spacial score (nSPS) is 15.8. The number of ether oxygens (including phenoxy) is 1. The fourth-order valence-corrected chi connectivity index (χ4v) is 5.31. The highest BCUT2D eigenvalue weighted by Gasteiger charge is 2.28. The number of carbonyl (C=O) groups is 3. The van der Waals surface area contributed by atoms with Gasteiger partial charge >= 0.3 is 5.97 Å². The van der Waals surface area contributed by atoms with E-state index in [4.69, 9.17) is 32.9 Å². The third-order valence-electron chi connectivity index (χ3n) is 6.86. The number of aromatic nitrogens is 1. The first-order valence-corrected chi connectivity index (χ1v) is 13.5. The number of hydrogen-bond donors (Lipinski definition) is 1. The van der Waals surface area contributed by atoms with E-state index in [1.165, 1.54) is 0 Å².